The molecule has 2 aliphatic heterocycles. The van der Waals surface area contributed by atoms with E-state index in [1.165, 1.54) is 6.20 Å². The Hall–Kier alpha value is -4.81. The van der Waals surface area contributed by atoms with Gasteiger partial charge < -0.3 is 35.6 Å². The highest BCUT2D eigenvalue weighted by atomic mass is 16.5. The normalized spacial score (nSPS) is 15.5. The van der Waals surface area contributed by atoms with Gasteiger partial charge in [-0.3, -0.25) is 14.4 Å². The lowest BCUT2D eigenvalue weighted by Crippen LogP contribution is -2.33. The van der Waals surface area contributed by atoms with Crippen molar-refractivity contribution in [3.8, 4) is 0 Å². The zero-order valence-electron chi connectivity index (χ0n) is 25.0. The van der Waals surface area contributed by atoms with Gasteiger partial charge in [0.15, 0.2) is 17.1 Å². The van der Waals surface area contributed by atoms with Gasteiger partial charge in [-0.25, -0.2) is 9.97 Å². The number of nitrogens with two attached hydrogens (primary N) is 1. The monoisotopic (exact) mass is 614 g/mol. The minimum Gasteiger partial charge on any atom is -0.451 e. The SMILES string of the molecule is Nc1cccnc1C(=O)NCC1CCOCC1.O=C(Nc1cccnc1C(=O)NCC1CCOCC1)c1cc2ccccc2o1. The molecule has 0 radical (unpaired) electrons. The van der Waals surface area contributed by atoms with Gasteiger partial charge >= 0.3 is 0 Å². The van der Waals surface area contributed by atoms with Gasteiger partial charge in [-0.15, -0.1) is 0 Å². The quantitative estimate of drug-likeness (QED) is 0.229. The summed E-state index contributed by atoms with van der Waals surface area (Å²) in [5.41, 5.74) is 7.56. The summed E-state index contributed by atoms with van der Waals surface area (Å²) in [6.45, 7) is 4.25. The Morgan fingerprint density at radius 2 is 1.31 bits per heavy atom. The molecule has 12 heteroatoms. The van der Waals surface area contributed by atoms with E-state index in [9.17, 15) is 14.4 Å². The van der Waals surface area contributed by atoms with Crippen molar-refractivity contribution < 1.29 is 28.3 Å². The number of nitrogens with zero attached hydrogens (tertiary/aromatic N) is 2. The lowest BCUT2D eigenvalue weighted by molar-refractivity contribution is 0.0642. The summed E-state index contributed by atoms with van der Waals surface area (Å²) in [4.78, 5) is 45.1. The fourth-order valence-corrected chi connectivity index (χ4v) is 5.11. The van der Waals surface area contributed by atoms with Gasteiger partial charge in [-0.05, 0) is 73.9 Å². The molecular formula is C33H38N6O6. The van der Waals surface area contributed by atoms with Crippen LogP contribution in [0.1, 0.15) is 57.2 Å². The van der Waals surface area contributed by atoms with E-state index in [4.69, 9.17) is 19.6 Å². The van der Waals surface area contributed by atoms with Crippen LogP contribution in [0, 0.1) is 11.8 Å². The topological polar surface area (TPSA) is 171 Å². The highest BCUT2D eigenvalue weighted by molar-refractivity contribution is 6.08. The van der Waals surface area contributed by atoms with Crippen molar-refractivity contribution in [1.29, 1.82) is 0 Å². The van der Waals surface area contributed by atoms with Gasteiger partial charge in [0.05, 0.1) is 11.4 Å². The Morgan fingerprint density at radius 1 is 0.733 bits per heavy atom. The maximum atomic E-state index is 12.6. The van der Waals surface area contributed by atoms with Crippen LogP contribution in [0.4, 0.5) is 11.4 Å². The molecule has 4 aromatic rings. The lowest BCUT2D eigenvalue weighted by atomic mass is 10.0. The number of hydrogen-bond acceptors (Lipinski definition) is 9. The second-order valence-electron chi connectivity index (χ2n) is 11.0. The molecule has 45 heavy (non-hydrogen) atoms. The second kappa shape index (κ2) is 15.8. The van der Waals surface area contributed by atoms with Gasteiger partial charge in [-0.2, -0.15) is 0 Å². The number of ether oxygens (including phenoxy) is 2. The molecule has 0 unspecified atom stereocenters. The van der Waals surface area contributed by atoms with Crippen LogP contribution in [0.2, 0.25) is 0 Å². The molecule has 0 bridgehead atoms. The number of nitrogen functional groups attached to an aromatic ring is 1. The summed E-state index contributed by atoms with van der Waals surface area (Å²) in [5.74, 6) is 0.135. The number of benzene rings is 1. The first-order valence-electron chi connectivity index (χ1n) is 15.1. The molecule has 0 atom stereocenters. The highest BCUT2D eigenvalue weighted by Crippen LogP contribution is 2.21. The third kappa shape index (κ3) is 8.87. The predicted octanol–water partition coefficient (Wildman–Crippen LogP) is 4.06. The molecule has 2 fully saturated rings. The van der Waals surface area contributed by atoms with Crippen molar-refractivity contribution >= 4 is 40.1 Å². The molecule has 1 aromatic carbocycles. The summed E-state index contributed by atoms with van der Waals surface area (Å²) >= 11 is 0. The van der Waals surface area contributed by atoms with Crippen LogP contribution in [-0.4, -0.2) is 67.2 Å². The number of aromatic nitrogens is 2. The van der Waals surface area contributed by atoms with Crippen LogP contribution < -0.4 is 21.7 Å². The first-order chi connectivity index (χ1) is 22.0. The van der Waals surface area contributed by atoms with Crippen LogP contribution in [0.5, 0.6) is 0 Å². The number of amides is 3. The van der Waals surface area contributed by atoms with Crippen LogP contribution >= 0.6 is 0 Å². The van der Waals surface area contributed by atoms with Gasteiger partial charge in [0.1, 0.15) is 5.58 Å². The summed E-state index contributed by atoms with van der Waals surface area (Å²) in [6.07, 6.45) is 6.95. The molecule has 5 N–H and O–H groups in total. The summed E-state index contributed by atoms with van der Waals surface area (Å²) in [5, 5.41) is 9.36. The first-order valence-corrected chi connectivity index (χ1v) is 15.1. The van der Waals surface area contributed by atoms with Crippen molar-refractivity contribution in [2.45, 2.75) is 25.7 Å². The summed E-state index contributed by atoms with van der Waals surface area (Å²) < 4.78 is 16.2. The van der Waals surface area contributed by atoms with Crippen molar-refractivity contribution in [2.75, 3.05) is 50.6 Å². The maximum absolute atomic E-state index is 12.6. The molecule has 236 valence electrons. The third-order valence-electron chi connectivity index (χ3n) is 7.76. The van der Waals surface area contributed by atoms with Crippen LogP contribution in [0.3, 0.4) is 0 Å². The average molecular weight is 615 g/mol. The number of anilines is 2. The van der Waals surface area contributed by atoms with Gasteiger partial charge in [0.25, 0.3) is 17.7 Å². The molecule has 3 aromatic heterocycles. The second-order valence-corrected chi connectivity index (χ2v) is 11.0. The molecule has 0 aliphatic carbocycles. The fraction of sp³-hybridized carbons (Fsp3) is 0.364. The van der Waals surface area contributed by atoms with Crippen LogP contribution in [0.15, 0.2) is 71.4 Å². The fourth-order valence-electron chi connectivity index (χ4n) is 5.11. The molecule has 3 amide bonds. The largest absolute Gasteiger partial charge is 0.451 e. The Kier molecular flexibility index (Phi) is 11.1. The van der Waals surface area contributed by atoms with E-state index in [2.05, 4.69) is 25.9 Å². The number of carbonyl (C=O) groups is 3. The van der Waals surface area contributed by atoms with Crippen molar-refractivity contribution in [1.82, 2.24) is 20.6 Å². The van der Waals surface area contributed by atoms with Crippen molar-refractivity contribution in [3.05, 3.63) is 84.1 Å². The van der Waals surface area contributed by atoms with E-state index in [0.717, 1.165) is 57.5 Å². The predicted molar refractivity (Wildman–Crippen MR) is 169 cm³/mol. The molecule has 6 rings (SSSR count). The minimum absolute atomic E-state index is 0.179. The summed E-state index contributed by atoms with van der Waals surface area (Å²) in [7, 11) is 0. The number of rotatable bonds is 8. The van der Waals surface area contributed by atoms with Gasteiger partial charge in [0.2, 0.25) is 0 Å². The van der Waals surface area contributed by atoms with E-state index < -0.39 is 5.91 Å². The molecule has 12 nitrogen and oxygen atoms in total. The van der Waals surface area contributed by atoms with E-state index in [1.54, 1.807) is 42.6 Å². The number of pyridine rings is 2. The molecule has 0 saturated carbocycles. The number of para-hydroxylation sites is 1. The summed E-state index contributed by atoms with van der Waals surface area (Å²) in [6, 6.07) is 15.8. The molecule has 0 spiro atoms. The van der Waals surface area contributed by atoms with Crippen LogP contribution in [0.25, 0.3) is 11.0 Å². The van der Waals surface area contributed by atoms with Crippen molar-refractivity contribution in [2.24, 2.45) is 11.8 Å². The average Bonchev–Trinajstić information content (AvgIpc) is 3.53. The molecule has 2 aliphatic rings. The lowest BCUT2D eigenvalue weighted by Gasteiger charge is -2.22. The number of nitrogens with one attached hydrogen (secondary N) is 3. The van der Waals surface area contributed by atoms with Crippen molar-refractivity contribution in [3.63, 3.8) is 0 Å². The Labute approximate surface area is 261 Å². The Bertz CT molecular complexity index is 1560. The van der Waals surface area contributed by atoms with E-state index >= 15 is 0 Å². The van der Waals surface area contributed by atoms with E-state index in [1.807, 2.05) is 18.2 Å². The minimum atomic E-state index is -0.428. The zero-order valence-corrected chi connectivity index (χ0v) is 25.0. The number of carbonyl (C=O) groups excluding carboxylic acids is 3. The third-order valence-corrected chi connectivity index (χ3v) is 7.76. The number of furan rings is 1. The first kappa shape index (κ1) is 31.6. The Morgan fingerprint density at radius 3 is 1.93 bits per heavy atom. The number of hydrogen-bond donors (Lipinski definition) is 4. The number of fused-ring (bicyclic) bond motifs is 1. The van der Waals surface area contributed by atoms with Gasteiger partial charge in [0, 0.05) is 57.3 Å². The zero-order chi connectivity index (χ0) is 31.4. The Balaban J connectivity index is 0.000000201. The highest BCUT2D eigenvalue weighted by Gasteiger charge is 2.20. The standard InChI is InChI=1S/C21H21N3O4.C12H17N3O2/c25-20(18-12-15-4-1-2-6-17(15)28-18)24-16-5-3-9-22-19(16)21(26)23-13-14-7-10-27-11-8-14;13-10-2-1-5-14-11(10)12(16)15-8-9-3-6-17-7-4-9/h1-6,9,12,14H,7-8,10-11,13H2,(H,23,26)(H,24,25);1-2,5,9H,3-4,6-8,13H2,(H,15,16). The maximum Gasteiger partial charge on any atom is 0.291 e. The smallest absolute Gasteiger partial charge is 0.291 e. The molecular weight excluding hydrogens is 576 g/mol. The van der Waals surface area contributed by atoms with E-state index in [-0.39, 0.29) is 23.3 Å². The van der Waals surface area contributed by atoms with Gasteiger partial charge in [-0.1, -0.05) is 18.2 Å². The van der Waals surface area contributed by atoms with Crippen LogP contribution in [-0.2, 0) is 9.47 Å². The van der Waals surface area contributed by atoms with E-state index in [0.29, 0.717) is 47.6 Å². The molecule has 2 saturated heterocycles. The molecule has 5 heterocycles.